The fourth-order valence-electron chi connectivity index (χ4n) is 3.33. The number of amides is 2. The number of rotatable bonds is 4. The standard InChI is InChI=1S/C23H18F2N2O2S/c24-16-10-11-18(17(25)12-16)26-22(28)14-27-19-8-4-5-9-20(19)30-21(13-23(27)29)15-6-2-1-3-7-15/h1-12,21H,13-14H2,(H,26,28). The van der Waals surface area contributed by atoms with Gasteiger partial charge >= 0.3 is 0 Å². The third-order valence-corrected chi connectivity index (χ3v) is 6.09. The van der Waals surface area contributed by atoms with Crippen molar-refractivity contribution in [3.05, 3.63) is 90.0 Å². The van der Waals surface area contributed by atoms with Crippen LogP contribution in [-0.2, 0) is 9.59 Å². The first-order valence-corrected chi connectivity index (χ1v) is 10.2. The molecule has 3 aromatic carbocycles. The summed E-state index contributed by atoms with van der Waals surface area (Å²) >= 11 is 1.58. The number of nitrogens with zero attached hydrogens (tertiary/aromatic N) is 1. The van der Waals surface area contributed by atoms with Gasteiger partial charge in [-0.25, -0.2) is 8.78 Å². The van der Waals surface area contributed by atoms with Crippen molar-refractivity contribution in [2.45, 2.75) is 16.6 Å². The minimum atomic E-state index is -0.870. The van der Waals surface area contributed by atoms with E-state index in [1.807, 2.05) is 42.5 Å². The van der Waals surface area contributed by atoms with Crippen molar-refractivity contribution >= 4 is 35.0 Å². The monoisotopic (exact) mass is 424 g/mol. The zero-order valence-electron chi connectivity index (χ0n) is 15.8. The van der Waals surface area contributed by atoms with Crippen LogP contribution in [0.1, 0.15) is 17.2 Å². The molecule has 1 aliphatic heterocycles. The summed E-state index contributed by atoms with van der Waals surface area (Å²) in [7, 11) is 0. The van der Waals surface area contributed by atoms with Gasteiger partial charge in [0.2, 0.25) is 11.8 Å². The number of hydrogen-bond acceptors (Lipinski definition) is 3. The molecular weight excluding hydrogens is 406 g/mol. The molecule has 7 heteroatoms. The number of benzene rings is 3. The van der Waals surface area contributed by atoms with Crippen LogP contribution >= 0.6 is 11.8 Å². The summed E-state index contributed by atoms with van der Waals surface area (Å²) in [6.07, 6.45) is 0.224. The Hall–Kier alpha value is -3.19. The van der Waals surface area contributed by atoms with E-state index in [-0.39, 0.29) is 29.8 Å². The van der Waals surface area contributed by atoms with Crippen LogP contribution in [0, 0.1) is 11.6 Å². The summed E-state index contributed by atoms with van der Waals surface area (Å²) in [5.74, 6) is -2.36. The van der Waals surface area contributed by atoms with Gasteiger partial charge in [0.25, 0.3) is 0 Å². The summed E-state index contributed by atoms with van der Waals surface area (Å²) in [4.78, 5) is 27.9. The number of para-hydroxylation sites is 1. The van der Waals surface area contributed by atoms with Crippen LogP contribution in [0.5, 0.6) is 0 Å². The lowest BCUT2D eigenvalue weighted by atomic mass is 10.1. The molecule has 0 aromatic heterocycles. The van der Waals surface area contributed by atoms with Gasteiger partial charge in [0.15, 0.2) is 0 Å². The fourth-order valence-corrected chi connectivity index (χ4v) is 4.61. The molecule has 4 nitrogen and oxygen atoms in total. The number of anilines is 2. The first-order valence-electron chi connectivity index (χ1n) is 9.37. The van der Waals surface area contributed by atoms with Gasteiger partial charge in [-0.2, -0.15) is 0 Å². The van der Waals surface area contributed by atoms with Crippen LogP contribution in [0.15, 0.2) is 77.7 Å². The molecule has 4 rings (SSSR count). The van der Waals surface area contributed by atoms with Gasteiger partial charge in [0.1, 0.15) is 18.2 Å². The molecule has 1 unspecified atom stereocenters. The van der Waals surface area contributed by atoms with Crippen LogP contribution in [0.2, 0.25) is 0 Å². The lowest BCUT2D eigenvalue weighted by molar-refractivity contribution is -0.121. The maximum atomic E-state index is 13.9. The maximum Gasteiger partial charge on any atom is 0.244 e. The molecule has 152 valence electrons. The van der Waals surface area contributed by atoms with E-state index in [1.165, 1.54) is 4.90 Å². The van der Waals surface area contributed by atoms with E-state index in [2.05, 4.69) is 5.32 Å². The molecule has 1 atom stereocenters. The molecule has 0 saturated heterocycles. The lowest BCUT2D eigenvalue weighted by Crippen LogP contribution is -2.38. The average Bonchev–Trinajstić information content (AvgIpc) is 2.88. The van der Waals surface area contributed by atoms with E-state index in [9.17, 15) is 18.4 Å². The Balaban J connectivity index is 1.58. The van der Waals surface area contributed by atoms with Gasteiger partial charge in [0, 0.05) is 22.6 Å². The SMILES string of the molecule is O=C(CN1C(=O)CC(c2ccccc2)Sc2ccccc21)Nc1ccc(F)cc1F. The number of halogens is 2. The summed E-state index contributed by atoms with van der Waals surface area (Å²) in [6.45, 7) is -0.269. The first kappa shape index (κ1) is 20.1. The van der Waals surface area contributed by atoms with Gasteiger partial charge in [-0.1, -0.05) is 42.5 Å². The van der Waals surface area contributed by atoms with Crippen molar-refractivity contribution in [2.24, 2.45) is 0 Å². The van der Waals surface area contributed by atoms with Crippen molar-refractivity contribution in [3.63, 3.8) is 0 Å². The molecule has 0 spiro atoms. The highest BCUT2D eigenvalue weighted by Crippen LogP contribution is 2.45. The molecule has 0 fully saturated rings. The largest absolute Gasteiger partial charge is 0.322 e. The summed E-state index contributed by atoms with van der Waals surface area (Å²) in [5.41, 5.74) is 1.54. The predicted octanol–water partition coefficient (Wildman–Crippen LogP) is 5.17. The number of thioether (sulfide) groups is 1. The number of nitrogens with one attached hydrogen (secondary N) is 1. The third kappa shape index (κ3) is 4.36. The highest BCUT2D eigenvalue weighted by atomic mass is 32.2. The Morgan fingerprint density at radius 3 is 2.53 bits per heavy atom. The molecular formula is C23H18F2N2O2S. The second kappa shape index (κ2) is 8.67. The minimum absolute atomic E-state index is 0.0811. The molecule has 0 radical (unpaired) electrons. The zero-order valence-corrected chi connectivity index (χ0v) is 16.7. The number of fused-ring (bicyclic) bond motifs is 1. The van der Waals surface area contributed by atoms with E-state index in [4.69, 9.17) is 0 Å². The second-order valence-corrected chi connectivity index (χ2v) is 8.09. The van der Waals surface area contributed by atoms with E-state index < -0.39 is 17.5 Å². The van der Waals surface area contributed by atoms with Crippen LogP contribution < -0.4 is 10.2 Å². The van der Waals surface area contributed by atoms with E-state index in [1.54, 1.807) is 23.9 Å². The molecule has 3 aromatic rings. The van der Waals surface area contributed by atoms with Gasteiger partial charge in [0.05, 0.1) is 11.4 Å². The molecule has 0 saturated carbocycles. The van der Waals surface area contributed by atoms with Gasteiger partial charge in [-0.3, -0.25) is 9.59 Å². The maximum absolute atomic E-state index is 13.9. The van der Waals surface area contributed by atoms with Crippen molar-refractivity contribution < 1.29 is 18.4 Å². The molecule has 1 N–H and O–H groups in total. The lowest BCUT2D eigenvalue weighted by Gasteiger charge is -2.22. The van der Waals surface area contributed by atoms with Crippen LogP contribution in [0.3, 0.4) is 0 Å². The van der Waals surface area contributed by atoms with Crippen LogP contribution in [0.4, 0.5) is 20.2 Å². The first-order chi connectivity index (χ1) is 14.5. The highest BCUT2D eigenvalue weighted by molar-refractivity contribution is 7.99. The third-order valence-electron chi connectivity index (χ3n) is 4.76. The van der Waals surface area contributed by atoms with Gasteiger partial charge < -0.3 is 10.2 Å². The Morgan fingerprint density at radius 2 is 1.77 bits per heavy atom. The van der Waals surface area contributed by atoms with E-state index in [0.29, 0.717) is 11.8 Å². The molecule has 1 aliphatic rings. The summed E-state index contributed by atoms with van der Waals surface area (Å²) in [5, 5.41) is 2.34. The molecule has 0 aliphatic carbocycles. The summed E-state index contributed by atoms with van der Waals surface area (Å²) < 4.78 is 27.0. The van der Waals surface area contributed by atoms with Crippen LogP contribution in [-0.4, -0.2) is 18.4 Å². The van der Waals surface area contributed by atoms with E-state index in [0.717, 1.165) is 22.6 Å². The van der Waals surface area contributed by atoms with Gasteiger partial charge in [-0.15, -0.1) is 11.8 Å². The smallest absolute Gasteiger partial charge is 0.244 e. The number of carbonyl (C=O) groups is 2. The van der Waals surface area contributed by atoms with Gasteiger partial charge in [-0.05, 0) is 29.8 Å². The van der Waals surface area contributed by atoms with E-state index >= 15 is 0 Å². The number of carbonyl (C=O) groups excluding carboxylic acids is 2. The van der Waals surface area contributed by atoms with Crippen molar-refractivity contribution in [1.82, 2.24) is 0 Å². The molecule has 30 heavy (non-hydrogen) atoms. The normalized spacial score (nSPS) is 16.0. The van der Waals surface area contributed by atoms with Crippen molar-refractivity contribution in [2.75, 3.05) is 16.8 Å². The minimum Gasteiger partial charge on any atom is -0.322 e. The Morgan fingerprint density at radius 1 is 1.03 bits per heavy atom. The predicted molar refractivity (Wildman–Crippen MR) is 113 cm³/mol. The summed E-state index contributed by atoms with van der Waals surface area (Å²) in [6, 6.07) is 20.1. The molecule has 2 amide bonds. The van der Waals surface area contributed by atoms with Crippen molar-refractivity contribution in [3.8, 4) is 0 Å². The Kier molecular flexibility index (Phi) is 5.81. The Labute approximate surface area is 176 Å². The second-order valence-electron chi connectivity index (χ2n) is 6.84. The Bertz CT molecular complexity index is 1090. The zero-order chi connectivity index (χ0) is 21.1. The highest BCUT2D eigenvalue weighted by Gasteiger charge is 2.30. The van der Waals surface area contributed by atoms with Crippen LogP contribution in [0.25, 0.3) is 0 Å². The van der Waals surface area contributed by atoms with Crippen molar-refractivity contribution in [1.29, 1.82) is 0 Å². The topological polar surface area (TPSA) is 49.4 Å². The average molecular weight is 424 g/mol. The quantitative estimate of drug-likeness (QED) is 0.628. The fraction of sp³-hybridized carbons (Fsp3) is 0.130. The molecule has 0 bridgehead atoms. The molecule has 1 heterocycles. The number of hydrogen-bond donors (Lipinski definition) is 1.